The van der Waals surface area contributed by atoms with E-state index in [4.69, 9.17) is 5.73 Å². The maximum Gasteiger partial charge on any atom is 0.396 e. The number of fused-ring (bicyclic) bond motifs is 3. The summed E-state index contributed by atoms with van der Waals surface area (Å²) in [7, 11) is -3.25. The molecule has 3 aromatic carbocycles. The fraction of sp³-hybridized carbons (Fsp3) is 0.429. The lowest BCUT2D eigenvalue weighted by Crippen LogP contribution is -2.61. The minimum atomic E-state index is -5.06. The molecular weight excluding hydrogens is 1070 g/mol. The van der Waals surface area contributed by atoms with E-state index in [2.05, 4.69) is 33.1 Å². The molecule has 420 valence electrons. The Kier molecular flexibility index (Phi) is 17.4. The maximum absolute atomic E-state index is 14.6. The Balaban J connectivity index is 0.828. The summed E-state index contributed by atoms with van der Waals surface area (Å²) in [5.41, 5.74) is 6.41. The Morgan fingerprint density at radius 3 is 2.38 bits per heavy atom. The number of nitrogens with zero attached hydrogens (tertiary/aromatic N) is 4. The largest absolute Gasteiger partial charge is 0.396 e. The maximum atomic E-state index is 14.6. The van der Waals surface area contributed by atoms with Gasteiger partial charge in [0.25, 0.3) is 17.3 Å². The van der Waals surface area contributed by atoms with E-state index in [1.54, 1.807) is 47.4 Å². The summed E-state index contributed by atoms with van der Waals surface area (Å²) in [6.07, 6.45) is 3.80. The molecule has 1 unspecified atom stereocenters. The van der Waals surface area contributed by atoms with Crippen molar-refractivity contribution < 1.29 is 62.3 Å². The van der Waals surface area contributed by atoms with Crippen LogP contribution in [0.15, 0.2) is 72.8 Å². The van der Waals surface area contributed by atoms with Crippen molar-refractivity contribution in [1.82, 2.24) is 40.9 Å². The van der Waals surface area contributed by atoms with Crippen molar-refractivity contribution in [1.29, 1.82) is 0 Å². The first-order valence-corrected chi connectivity index (χ1v) is 29.1. The van der Waals surface area contributed by atoms with Gasteiger partial charge in [-0.05, 0) is 124 Å². The van der Waals surface area contributed by atoms with Crippen molar-refractivity contribution >= 4 is 87.7 Å². The molecule has 6 heterocycles. The van der Waals surface area contributed by atoms with Crippen molar-refractivity contribution in [3.05, 3.63) is 105 Å². The molecule has 6 atom stereocenters. The number of nitrogens with one attached hydrogen (secondary N) is 4. The molecular formula is C56H62N9O13PS. The second-order valence-electron chi connectivity index (χ2n) is 21.0. The zero-order valence-electron chi connectivity index (χ0n) is 43.9. The molecule has 4 fully saturated rings. The Morgan fingerprint density at radius 2 is 1.65 bits per heavy atom. The smallest absolute Gasteiger partial charge is 0.370 e. The molecule has 4 saturated heterocycles. The van der Waals surface area contributed by atoms with E-state index < -0.39 is 84.8 Å². The summed E-state index contributed by atoms with van der Waals surface area (Å²) < 4.78 is 12.2. The average Bonchev–Trinajstić information content (AvgIpc) is 4.26. The van der Waals surface area contributed by atoms with Crippen molar-refractivity contribution in [2.45, 2.75) is 113 Å². The highest BCUT2D eigenvalue weighted by molar-refractivity contribution is 7.70. The van der Waals surface area contributed by atoms with Crippen LogP contribution in [0.5, 0.6) is 0 Å². The van der Waals surface area contributed by atoms with E-state index in [1.807, 2.05) is 18.0 Å². The normalized spacial score (nSPS) is 21.5. The number of likely N-dealkylation sites (tertiary alicyclic amines) is 1. The van der Waals surface area contributed by atoms with E-state index in [1.165, 1.54) is 34.1 Å². The Morgan fingerprint density at radius 1 is 0.887 bits per heavy atom. The zero-order chi connectivity index (χ0) is 57.0. The van der Waals surface area contributed by atoms with Crippen molar-refractivity contribution in [3.63, 3.8) is 0 Å². The van der Waals surface area contributed by atoms with Gasteiger partial charge in [-0.15, -0.1) is 11.3 Å². The van der Waals surface area contributed by atoms with Crippen LogP contribution in [-0.4, -0.2) is 152 Å². The predicted molar refractivity (Wildman–Crippen MR) is 291 cm³/mol. The number of hydrogen-bond acceptors (Lipinski definition) is 13. The second kappa shape index (κ2) is 24.4. The van der Waals surface area contributed by atoms with Gasteiger partial charge < -0.3 is 51.1 Å². The quantitative estimate of drug-likeness (QED) is 0.0482. The van der Waals surface area contributed by atoms with Gasteiger partial charge in [0.05, 0.1) is 4.88 Å². The van der Waals surface area contributed by atoms with Gasteiger partial charge in [0.2, 0.25) is 41.4 Å². The Labute approximate surface area is 464 Å². The first kappa shape index (κ1) is 57.1. The van der Waals surface area contributed by atoms with Crippen LogP contribution >= 0.6 is 18.9 Å². The number of likely N-dealkylation sites (N-methyl/N-ethyl adjacent to an activating group) is 1. The third-order valence-corrected chi connectivity index (χ3v) is 17.5. The lowest BCUT2D eigenvalue weighted by molar-refractivity contribution is -0.144. The lowest BCUT2D eigenvalue weighted by Gasteiger charge is -2.38. The molecule has 22 nitrogen and oxygen atoms in total. The van der Waals surface area contributed by atoms with Crippen molar-refractivity contribution in [2.75, 3.05) is 33.2 Å². The number of carbonyl (C=O) groups is 10. The standard InChI is InChI=1S/C56H62N9O13PS/c1-62-25-24-37-15-17-43(65(37)54(73)41(31-62)59-52(71)45-29-36-28-35(14-19-44(36)80-45)56(75)79(76,77)78)51(70)58-40(16-20-46(57)66)49(68)61-48(34-10-3-2-4-11-34)55(74)63-26-22-32(23-27-63)8-5-6-9-33-12-7-13-38-39(33)30-64(53(38)72)42-18-21-47(67)60-50(42)69/h2-4,7,10-14,19,28-29,32,37,40-43,48H,5,8,15-18,20-27,30-31H2,1H3,(H2,57,66)(H,58,70)(H,59,71)(H,61,68)(H,60,67,69)(H2,76,77,78)/t37-,40+,41+,42?,43+,48+/m1/s1. The molecule has 24 heteroatoms. The summed E-state index contributed by atoms with van der Waals surface area (Å²) in [5.74, 6) is 1.99. The molecule has 0 bridgehead atoms. The van der Waals surface area contributed by atoms with Crippen molar-refractivity contribution in [2.24, 2.45) is 11.7 Å². The highest BCUT2D eigenvalue weighted by atomic mass is 32.1. The molecule has 1 aromatic heterocycles. The third-order valence-electron chi connectivity index (χ3n) is 15.6. The number of benzene rings is 3. The monoisotopic (exact) mass is 1130 g/mol. The van der Waals surface area contributed by atoms with Gasteiger partial charge in [-0.1, -0.05) is 48.2 Å². The van der Waals surface area contributed by atoms with Crippen LogP contribution in [0.3, 0.4) is 0 Å². The number of carbonyl (C=O) groups excluding carboxylic acids is 10. The van der Waals surface area contributed by atoms with Crippen LogP contribution < -0.4 is 27.0 Å². The topological polar surface area (TPSA) is 315 Å². The van der Waals surface area contributed by atoms with Crippen LogP contribution in [0.25, 0.3) is 10.1 Å². The second-order valence-corrected chi connectivity index (χ2v) is 23.6. The lowest BCUT2D eigenvalue weighted by atomic mass is 9.91. The average molecular weight is 1130 g/mol. The highest BCUT2D eigenvalue weighted by Crippen LogP contribution is 2.40. The molecule has 0 spiro atoms. The Hall–Kier alpha value is -7.61. The van der Waals surface area contributed by atoms with Crippen LogP contribution in [0.2, 0.25) is 0 Å². The van der Waals surface area contributed by atoms with Gasteiger partial charge in [0.1, 0.15) is 30.2 Å². The molecule has 80 heavy (non-hydrogen) atoms. The number of piperidine rings is 2. The third kappa shape index (κ3) is 12.9. The van der Waals surface area contributed by atoms with Gasteiger partial charge in [-0.3, -0.25) is 57.8 Å². The fourth-order valence-corrected chi connectivity index (χ4v) is 12.8. The van der Waals surface area contributed by atoms with Gasteiger partial charge in [-0.25, -0.2) is 0 Å². The summed E-state index contributed by atoms with van der Waals surface area (Å²) in [6, 6.07) is 13.7. The van der Waals surface area contributed by atoms with Crippen LogP contribution in [0.1, 0.15) is 124 Å². The minimum Gasteiger partial charge on any atom is -0.370 e. The number of hydrogen-bond donors (Lipinski definition) is 7. The minimum absolute atomic E-state index is 0.0944. The van der Waals surface area contributed by atoms with Gasteiger partial charge in [-0.2, -0.15) is 0 Å². The van der Waals surface area contributed by atoms with Gasteiger partial charge in [0, 0.05) is 72.9 Å². The van der Waals surface area contributed by atoms with Crippen LogP contribution in [0, 0.1) is 17.8 Å². The predicted octanol–water partition coefficient (Wildman–Crippen LogP) is 2.45. The number of primary amides is 1. The number of amides is 9. The van der Waals surface area contributed by atoms with Crippen LogP contribution in [0.4, 0.5) is 0 Å². The Bertz CT molecular complexity index is 3270. The molecule has 4 aromatic rings. The first-order chi connectivity index (χ1) is 38.2. The molecule has 9 rings (SSSR count). The fourth-order valence-electron chi connectivity index (χ4n) is 11.3. The summed E-state index contributed by atoms with van der Waals surface area (Å²) in [6.45, 7) is 1.65. The molecule has 0 aliphatic carbocycles. The molecule has 0 saturated carbocycles. The van der Waals surface area contributed by atoms with Gasteiger partial charge >= 0.3 is 7.60 Å². The van der Waals surface area contributed by atoms with Crippen molar-refractivity contribution in [3.8, 4) is 11.8 Å². The summed E-state index contributed by atoms with van der Waals surface area (Å²) >= 11 is 1.06. The van der Waals surface area contributed by atoms with E-state index in [9.17, 15) is 62.3 Å². The SMILES string of the molecule is CN1CC[C@H]2CC[C@@H](C(=O)N[C@@H](CCC(N)=O)C(=O)N[C@H](C(=O)N3CCC(CCC#Cc4cccc5c4CN(C4CCC(=O)NC4=O)C5=O)CC3)c3ccccc3)N2C(=O)[C@@H](NC(=O)c2cc3cc(C(=O)P(=O)(O)O)ccc3s2)C1. The molecule has 5 aliphatic rings. The van der Waals surface area contributed by atoms with E-state index >= 15 is 0 Å². The van der Waals surface area contributed by atoms with Gasteiger partial charge in [0.15, 0.2) is 0 Å². The van der Waals surface area contributed by atoms with E-state index in [-0.39, 0.29) is 79.3 Å². The number of thiophene rings is 1. The number of rotatable bonds is 16. The number of nitrogens with two attached hydrogens (primary N) is 1. The van der Waals surface area contributed by atoms with E-state index in [0.29, 0.717) is 78.5 Å². The summed E-state index contributed by atoms with van der Waals surface area (Å²) in [4.78, 5) is 159. The molecule has 5 aliphatic heterocycles. The molecule has 8 N–H and O–H groups in total. The number of imide groups is 1. The van der Waals surface area contributed by atoms with E-state index in [0.717, 1.165) is 23.3 Å². The van der Waals surface area contributed by atoms with Crippen LogP contribution in [-0.2, 0) is 44.7 Å². The highest BCUT2D eigenvalue weighted by Gasteiger charge is 2.46. The zero-order valence-corrected chi connectivity index (χ0v) is 45.6. The molecule has 9 amide bonds. The molecule has 0 radical (unpaired) electrons. The first-order valence-electron chi connectivity index (χ1n) is 26.7. The summed E-state index contributed by atoms with van der Waals surface area (Å²) in [5, 5.41) is 11.2.